The van der Waals surface area contributed by atoms with Crippen molar-refractivity contribution < 1.29 is 19.1 Å². The number of Topliss-reactive ketones (excluding diaryl/α,β-unsaturated/α-hetero) is 1. The number of dihydropyridines is 1. The SMILES string of the molecule is CC1=C(C(=O)OC[C@H]2CCCO2)[C@H](c2ccncc2)C2=C(CCCC2=O)N1. The molecule has 6 nitrogen and oxygen atoms in total. The molecule has 1 aromatic heterocycles. The highest BCUT2D eigenvalue weighted by Gasteiger charge is 2.39. The van der Waals surface area contributed by atoms with Crippen LogP contribution in [0.25, 0.3) is 0 Å². The number of nitrogens with zero attached hydrogens (tertiary/aromatic N) is 1. The second-order valence-corrected chi connectivity index (χ2v) is 7.28. The molecule has 0 spiro atoms. The maximum atomic E-state index is 13.0. The highest BCUT2D eigenvalue weighted by molar-refractivity contribution is 6.03. The van der Waals surface area contributed by atoms with E-state index in [1.165, 1.54) is 0 Å². The second kappa shape index (κ2) is 7.64. The predicted molar refractivity (Wildman–Crippen MR) is 98.6 cm³/mol. The number of ether oxygens (including phenoxy) is 2. The predicted octanol–water partition coefficient (Wildman–Crippen LogP) is 2.77. The molecule has 1 fully saturated rings. The third kappa shape index (κ3) is 3.54. The maximum absolute atomic E-state index is 13.0. The van der Waals surface area contributed by atoms with Gasteiger partial charge in [-0.05, 0) is 50.3 Å². The number of nitrogens with one attached hydrogen (secondary N) is 1. The fraction of sp³-hybridized carbons (Fsp3) is 0.476. The summed E-state index contributed by atoms with van der Waals surface area (Å²) in [6.45, 7) is 2.84. The van der Waals surface area contributed by atoms with Crippen LogP contribution in [-0.4, -0.2) is 36.1 Å². The molecule has 0 amide bonds. The lowest BCUT2D eigenvalue weighted by Crippen LogP contribution is -2.35. The van der Waals surface area contributed by atoms with E-state index >= 15 is 0 Å². The van der Waals surface area contributed by atoms with Crippen LogP contribution in [0.4, 0.5) is 0 Å². The summed E-state index contributed by atoms with van der Waals surface area (Å²) in [7, 11) is 0. The number of aromatic nitrogens is 1. The Morgan fingerprint density at radius 2 is 2.11 bits per heavy atom. The molecule has 0 unspecified atom stereocenters. The molecule has 0 bridgehead atoms. The molecular formula is C21H24N2O4. The third-order valence-corrected chi connectivity index (χ3v) is 5.46. The third-order valence-electron chi connectivity index (χ3n) is 5.46. The Morgan fingerprint density at radius 3 is 2.85 bits per heavy atom. The van der Waals surface area contributed by atoms with Crippen molar-refractivity contribution in [2.45, 2.75) is 51.0 Å². The minimum Gasteiger partial charge on any atom is -0.459 e. The number of pyridine rings is 1. The van der Waals surface area contributed by atoms with Gasteiger partial charge in [0.05, 0.1) is 11.7 Å². The zero-order valence-electron chi connectivity index (χ0n) is 15.5. The summed E-state index contributed by atoms with van der Waals surface area (Å²) in [5, 5.41) is 3.30. The summed E-state index contributed by atoms with van der Waals surface area (Å²) in [6, 6.07) is 3.73. The molecule has 1 N–H and O–H groups in total. The van der Waals surface area contributed by atoms with Crippen molar-refractivity contribution in [3.8, 4) is 0 Å². The molecule has 1 aromatic rings. The monoisotopic (exact) mass is 368 g/mol. The van der Waals surface area contributed by atoms with Crippen molar-refractivity contribution in [2.75, 3.05) is 13.2 Å². The van der Waals surface area contributed by atoms with Crippen LogP contribution in [-0.2, 0) is 19.1 Å². The van der Waals surface area contributed by atoms with Gasteiger partial charge in [0.25, 0.3) is 0 Å². The number of hydrogen-bond acceptors (Lipinski definition) is 6. The molecule has 27 heavy (non-hydrogen) atoms. The van der Waals surface area contributed by atoms with E-state index in [0.717, 1.165) is 49.2 Å². The Kier molecular flexibility index (Phi) is 5.07. The first-order valence-electron chi connectivity index (χ1n) is 9.58. The largest absolute Gasteiger partial charge is 0.459 e. The van der Waals surface area contributed by atoms with Crippen molar-refractivity contribution >= 4 is 11.8 Å². The fourth-order valence-electron chi connectivity index (χ4n) is 4.17. The average Bonchev–Trinajstić information content (AvgIpc) is 3.19. The Labute approximate surface area is 158 Å². The second-order valence-electron chi connectivity index (χ2n) is 7.28. The minimum absolute atomic E-state index is 0.0307. The number of esters is 1. The Bertz CT molecular complexity index is 807. The van der Waals surface area contributed by atoms with Gasteiger partial charge in [0.2, 0.25) is 0 Å². The van der Waals surface area contributed by atoms with Crippen LogP contribution in [0, 0.1) is 0 Å². The van der Waals surface area contributed by atoms with Crippen molar-refractivity contribution in [1.29, 1.82) is 0 Å². The first kappa shape index (κ1) is 17.9. The lowest BCUT2D eigenvalue weighted by molar-refractivity contribution is -0.142. The van der Waals surface area contributed by atoms with E-state index in [4.69, 9.17) is 9.47 Å². The lowest BCUT2D eigenvalue weighted by atomic mass is 9.75. The van der Waals surface area contributed by atoms with E-state index in [0.29, 0.717) is 17.6 Å². The highest BCUT2D eigenvalue weighted by Crippen LogP contribution is 2.42. The van der Waals surface area contributed by atoms with Crippen LogP contribution in [0.2, 0.25) is 0 Å². The number of allylic oxidation sites excluding steroid dienone is 3. The van der Waals surface area contributed by atoms with E-state index in [2.05, 4.69) is 10.3 Å². The topological polar surface area (TPSA) is 77.5 Å². The molecule has 0 saturated carbocycles. The van der Waals surface area contributed by atoms with Crippen LogP contribution in [0.5, 0.6) is 0 Å². The zero-order valence-corrected chi connectivity index (χ0v) is 15.5. The summed E-state index contributed by atoms with van der Waals surface area (Å²) >= 11 is 0. The van der Waals surface area contributed by atoms with Gasteiger partial charge < -0.3 is 14.8 Å². The normalized spacial score (nSPS) is 25.3. The number of hydrogen-bond donors (Lipinski definition) is 1. The maximum Gasteiger partial charge on any atom is 0.336 e. The summed E-state index contributed by atoms with van der Waals surface area (Å²) < 4.78 is 11.1. The standard InChI is InChI=1S/C21H24N2O4/c1-13-18(21(25)27-12-15-4-3-11-26-15)19(14-7-9-22-10-8-14)20-16(23-13)5-2-6-17(20)24/h7-10,15,19,23H,2-6,11-12H2,1H3/t15-,19+/m1/s1. The van der Waals surface area contributed by atoms with Crippen molar-refractivity contribution in [1.82, 2.24) is 10.3 Å². The van der Waals surface area contributed by atoms with E-state index in [1.807, 2.05) is 19.1 Å². The molecule has 3 heterocycles. The first-order valence-corrected chi connectivity index (χ1v) is 9.58. The van der Waals surface area contributed by atoms with Gasteiger partial charge in [0, 0.05) is 48.3 Å². The summed E-state index contributed by atoms with van der Waals surface area (Å²) in [4.78, 5) is 29.8. The van der Waals surface area contributed by atoms with Crippen LogP contribution in [0.15, 0.2) is 47.1 Å². The summed E-state index contributed by atoms with van der Waals surface area (Å²) in [6.07, 6.45) is 7.42. The number of carbonyl (C=O) groups excluding carboxylic acids is 2. The van der Waals surface area contributed by atoms with E-state index in [1.54, 1.807) is 12.4 Å². The van der Waals surface area contributed by atoms with Crippen LogP contribution in [0.1, 0.15) is 50.5 Å². The van der Waals surface area contributed by atoms with E-state index in [-0.39, 0.29) is 24.5 Å². The first-order chi connectivity index (χ1) is 13.1. The molecule has 1 aliphatic carbocycles. The quantitative estimate of drug-likeness (QED) is 0.824. The molecule has 6 heteroatoms. The Hall–Kier alpha value is -2.47. The highest BCUT2D eigenvalue weighted by atomic mass is 16.6. The molecule has 142 valence electrons. The number of carbonyl (C=O) groups is 2. The van der Waals surface area contributed by atoms with Gasteiger partial charge in [-0.15, -0.1) is 0 Å². The Balaban J connectivity index is 1.67. The summed E-state index contributed by atoms with van der Waals surface area (Å²) in [5.41, 5.74) is 3.77. The fourth-order valence-corrected chi connectivity index (χ4v) is 4.17. The van der Waals surface area contributed by atoms with E-state index in [9.17, 15) is 9.59 Å². The smallest absolute Gasteiger partial charge is 0.336 e. The van der Waals surface area contributed by atoms with Gasteiger partial charge in [0.1, 0.15) is 6.61 Å². The molecule has 1 saturated heterocycles. The molecular weight excluding hydrogens is 344 g/mol. The zero-order chi connectivity index (χ0) is 18.8. The van der Waals surface area contributed by atoms with Gasteiger partial charge in [-0.3, -0.25) is 9.78 Å². The van der Waals surface area contributed by atoms with Crippen molar-refractivity contribution in [3.05, 3.63) is 52.6 Å². The molecule has 2 atom stereocenters. The molecule has 0 aromatic carbocycles. The number of ketones is 1. The van der Waals surface area contributed by atoms with Crippen LogP contribution >= 0.6 is 0 Å². The molecule has 4 rings (SSSR count). The van der Waals surface area contributed by atoms with Crippen molar-refractivity contribution in [3.63, 3.8) is 0 Å². The van der Waals surface area contributed by atoms with Gasteiger partial charge >= 0.3 is 5.97 Å². The van der Waals surface area contributed by atoms with Gasteiger partial charge in [-0.25, -0.2) is 4.79 Å². The summed E-state index contributed by atoms with van der Waals surface area (Å²) in [5.74, 6) is -0.696. The van der Waals surface area contributed by atoms with Crippen molar-refractivity contribution in [2.24, 2.45) is 0 Å². The van der Waals surface area contributed by atoms with Gasteiger partial charge in [-0.1, -0.05) is 0 Å². The Morgan fingerprint density at radius 1 is 1.30 bits per heavy atom. The lowest BCUT2D eigenvalue weighted by Gasteiger charge is -2.34. The molecule has 3 aliphatic rings. The average molecular weight is 368 g/mol. The van der Waals surface area contributed by atoms with Gasteiger partial charge in [-0.2, -0.15) is 0 Å². The van der Waals surface area contributed by atoms with Crippen LogP contribution < -0.4 is 5.32 Å². The van der Waals surface area contributed by atoms with E-state index < -0.39 is 5.92 Å². The van der Waals surface area contributed by atoms with Gasteiger partial charge in [0.15, 0.2) is 5.78 Å². The molecule has 0 radical (unpaired) electrons. The minimum atomic E-state index is -0.408. The van der Waals surface area contributed by atoms with Crippen LogP contribution in [0.3, 0.4) is 0 Å². The number of rotatable bonds is 4. The molecule has 2 aliphatic heterocycles.